The van der Waals surface area contributed by atoms with Gasteiger partial charge in [0.15, 0.2) is 21.9 Å². The van der Waals surface area contributed by atoms with Crippen molar-refractivity contribution in [1.82, 2.24) is 4.57 Å². The lowest BCUT2D eigenvalue weighted by molar-refractivity contribution is 0.0973. The van der Waals surface area contributed by atoms with Crippen LogP contribution in [0.5, 0.6) is 11.5 Å². The van der Waals surface area contributed by atoms with Gasteiger partial charge in [-0.3, -0.25) is 4.79 Å². The number of amides is 1. The highest BCUT2D eigenvalue weighted by Crippen LogP contribution is 2.29. The summed E-state index contributed by atoms with van der Waals surface area (Å²) in [5.41, 5.74) is 1.46. The minimum atomic E-state index is -0.435. The summed E-state index contributed by atoms with van der Waals surface area (Å²) in [4.78, 5) is 17.5. The first-order valence-electron chi connectivity index (χ1n) is 8.49. The van der Waals surface area contributed by atoms with Crippen LogP contribution < -0.4 is 14.3 Å². The molecule has 2 aromatic carbocycles. The van der Waals surface area contributed by atoms with Crippen LogP contribution in [0.2, 0.25) is 0 Å². The molecule has 0 fully saturated rings. The number of rotatable bonds is 4. The summed E-state index contributed by atoms with van der Waals surface area (Å²) >= 11 is 1.42. The van der Waals surface area contributed by atoms with Crippen LogP contribution in [0.4, 0.5) is 0 Å². The van der Waals surface area contributed by atoms with Crippen LogP contribution in [-0.4, -0.2) is 24.2 Å². The molecule has 0 atom stereocenters. The van der Waals surface area contributed by atoms with Gasteiger partial charge in [-0.2, -0.15) is 4.99 Å². The smallest absolute Gasteiger partial charge is 0.315 e. The third kappa shape index (κ3) is 3.00. The SMILES string of the molecule is CCOc1cccc2cc(C(=O)N=c3sc4cccc(OC)c4n3C)oc12. The van der Waals surface area contributed by atoms with Crippen LogP contribution in [0.15, 0.2) is 51.9 Å². The summed E-state index contributed by atoms with van der Waals surface area (Å²) in [6, 6.07) is 13.0. The fraction of sp³-hybridized carbons (Fsp3) is 0.200. The Morgan fingerprint density at radius 1 is 1.22 bits per heavy atom. The molecule has 0 unspecified atom stereocenters. The van der Waals surface area contributed by atoms with E-state index in [4.69, 9.17) is 13.9 Å². The topological polar surface area (TPSA) is 66.0 Å². The standard InChI is InChI=1S/C20H18N2O4S/c1-4-25-14-9-5-7-12-11-15(26-18(12)14)19(23)21-20-22(2)17-13(24-3)8-6-10-16(17)27-20/h5-11H,4H2,1-3H3. The Morgan fingerprint density at radius 3 is 2.78 bits per heavy atom. The predicted molar refractivity (Wildman–Crippen MR) is 105 cm³/mol. The van der Waals surface area contributed by atoms with Gasteiger partial charge in [-0.05, 0) is 31.2 Å². The van der Waals surface area contributed by atoms with E-state index in [9.17, 15) is 4.79 Å². The highest BCUT2D eigenvalue weighted by atomic mass is 32.1. The Balaban J connectivity index is 1.80. The molecular weight excluding hydrogens is 364 g/mol. The summed E-state index contributed by atoms with van der Waals surface area (Å²) in [7, 11) is 3.48. The van der Waals surface area contributed by atoms with Gasteiger partial charge in [0, 0.05) is 12.4 Å². The minimum absolute atomic E-state index is 0.182. The van der Waals surface area contributed by atoms with Crippen molar-refractivity contribution in [3.8, 4) is 11.5 Å². The number of fused-ring (bicyclic) bond motifs is 2. The molecule has 138 valence electrons. The van der Waals surface area contributed by atoms with E-state index in [1.165, 1.54) is 11.3 Å². The van der Waals surface area contributed by atoms with Crippen molar-refractivity contribution in [2.75, 3.05) is 13.7 Å². The van der Waals surface area contributed by atoms with Gasteiger partial charge >= 0.3 is 5.91 Å². The Labute approximate surface area is 159 Å². The van der Waals surface area contributed by atoms with Crippen LogP contribution in [0.3, 0.4) is 0 Å². The summed E-state index contributed by atoms with van der Waals surface area (Å²) in [5.74, 6) is 1.10. The maximum absolute atomic E-state index is 12.7. The summed E-state index contributed by atoms with van der Waals surface area (Å²) in [6.45, 7) is 2.42. The van der Waals surface area contributed by atoms with Gasteiger partial charge in [0.05, 0.1) is 18.4 Å². The second-order valence-electron chi connectivity index (χ2n) is 5.89. The number of hydrogen-bond donors (Lipinski definition) is 0. The molecule has 0 N–H and O–H groups in total. The zero-order valence-corrected chi connectivity index (χ0v) is 16.0. The summed E-state index contributed by atoms with van der Waals surface area (Å²) in [5, 5.41) is 0.807. The summed E-state index contributed by atoms with van der Waals surface area (Å²) in [6.07, 6.45) is 0. The number of benzene rings is 2. The van der Waals surface area contributed by atoms with E-state index in [1.807, 2.05) is 54.9 Å². The van der Waals surface area contributed by atoms with E-state index in [0.29, 0.717) is 22.7 Å². The Morgan fingerprint density at radius 2 is 2.00 bits per heavy atom. The first-order valence-corrected chi connectivity index (χ1v) is 9.31. The molecule has 0 saturated carbocycles. The van der Waals surface area contributed by atoms with Gasteiger partial charge in [0.1, 0.15) is 11.3 Å². The number of ether oxygens (including phenoxy) is 2. The van der Waals surface area contributed by atoms with E-state index < -0.39 is 5.91 Å². The van der Waals surface area contributed by atoms with E-state index >= 15 is 0 Å². The normalized spacial score (nSPS) is 12.0. The van der Waals surface area contributed by atoms with E-state index in [2.05, 4.69) is 4.99 Å². The Kier molecular flexibility index (Phi) is 4.45. The van der Waals surface area contributed by atoms with Crippen molar-refractivity contribution < 1.29 is 18.7 Å². The van der Waals surface area contributed by atoms with Gasteiger partial charge in [-0.25, -0.2) is 0 Å². The molecule has 0 spiro atoms. The molecule has 0 saturated heterocycles. The average Bonchev–Trinajstić information content (AvgIpc) is 3.24. The fourth-order valence-electron chi connectivity index (χ4n) is 2.99. The number of nitrogens with zero attached hydrogens (tertiary/aromatic N) is 2. The highest BCUT2D eigenvalue weighted by Gasteiger charge is 2.16. The zero-order valence-electron chi connectivity index (χ0n) is 15.2. The largest absolute Gasteiger partial charge is 0.495 e. The first-order chi connectivity index (χ1) is 13.1. The monoisotopic (exact) mass is 382 g/mol. The lowest BCUT2D eigenvalue weighted by atomic mass is 10.2. The number of para-hydroxylation sites is 2. The molecule has 1 amide bonds. The van der Waals surface area contributed by atoms with Gasteiger partial charge in [0.2, 0.25) is 0 Å². The molecule has 0 aliphatic rings. The fourth-order valence-corrected chi connectivity index (χ4v) is 4.03. The van der Waals surface area contributed by atoms with E-state index in [0.717, 1.165) is 21.4 Å². The molecule has 0 bridgehead atoms. The molecule has 2 aromatic heterocycles. The van der Waals surface area contributed by atoms with Crippen molar-refractivity contribution in [2.45, 2.75) is 6.92 Å². The maximum atomic E-state index is 12.7. The first kappa shape index (κ1) is 17.4. The second-order valence-corrected chi connectivity index (χ2v) is 6.89. The number of carbonyl (C=O) groups excluding carboxylic acids is 1. The molecule has 6 nitrogen and oxygen atoms in total. The quantitative estimate of drug-likeness (QED) is 0.532. The van der Waals surface area contributed by atoms with Crippen LogP contribution in [-0.2, 0) is 7.05 Å². The number of hydrogen-bond acceptors (Lipinski definition) is 5. The predicted octanol–water partition coefficient (Wildman–Crippen LogP) is 4.13. The lowest BCUT2D eigenvalue weighted by Crippen LogP contribution is -2.13. The lowest BCUT2D eigenvalue weighted by Gasteiger charge is -2.02. The van der Waals surface area contributed by atoms with Crippen molar-refractivity contribution in [1.29, 1.82) is 0 Å². The van der Waals surface area contributed by atoms with Crippen molar-refractivity contribution in [3.05, 3.63) is 53.0 Å². The number of aromatic nitrogens is 1. The zero-order chi connectivity index (χ0) is 19.0. The van der Waals surface area contributed by atoms with Crippen molar-refractivity contribution >= 4 is 38.4 Å². The van der Waals surface area contributed by atoms with Crippen molar-refractivity contribution in [3.63, 3.8) is 0 Å². The number of methoxy groups -OCH3 is 1. The minimum Gasteiger partial charge on any atom is -0.495 e. The van der Waals surface area contributed by atoms with Gasteiger partial charge < -0.3 is 18.5 Å². The number of thiazole rings is 1. The van der Waals surface area contributed by atoms with Crippen LogP contribution in [0.1, 0.15) is 17.5 Å². The summed E-state index contributed by atoms with van der Waals surface area (Å²) < 4.78 is 19.6. The second kappa shape index (κ2) is 6.92. The average molecular weight is 382 g/mol. The van der Waals surface area contributed by atoms with Crippen LogP contribution in [0.25, 0.3) is 21.2 Å². The Hall–Kier alpha value is -3.06. The molecule has 4 aromatic rings. The molecule has 7 heteroatoms. The third-order valence-corrected chi connectivity index (χ3v) is 5.32. The molecule has 4 rings (SSSR count). The van der Waals surface area contributed by atoms with Crippen LogP contribution in [0, 0.1) is 0 Å². The van der Waals surface area contributed by atoms with Gasteiger partial charge in [-0.15, -0.1) is 0 Å². The third-order valence-electron chi connectivity index (χ3n) is 4.22. The molecule has 0 radical (unpaired) electrons. The molecular formula is C20H18N2O4S. The Bertz CT molecular complexity index is 1220. The maximum Gasteiger partial charge on any atom is 0.315 e. The van der Waals surface area contributed by atoms with E-state index in [-0.39, 0.29) is 5.76 Å². The number of furan rings is 1. The molecule has 2 heterocycles. The number of aryl methyl sites for hydroxylation is 1. The van der Waals surface area contributed by atoms with Crippen LogP contribution >= 0.6 is 11.3 Å². The number of carbonyl (C=O) groups is 1. The van der Waals surface area contributed by atoms with Gasteiger partial charge in [0.25, 0.3) is 0 Å². The molecule has 27 heavy (non-hydrogen) atoms. The molecule has 0 aliphatic heterocycles. The van der Waals surface area contributed by atoms with Gasteiger partial charge in [-0.1, -0.05) is 29.5 Å². The molecule has 0 aliphatic carbocycles. The van der Waals surface area contributed by atoms with E-state index in [1.54, 1.807) is 13.2 Å². The van der Waals surface area contributed by atoms with Crippen molar-refractivity contribution in [2.24, 2.45) is 12.0 Å². The highest BCUT2D eigenvalue weighted by molar-refractivity contribution is 7.16.